The Bertz CT molecular complexity index is 653. The molecule has 3 aliphatic rings. The lowest BCUT2D eigenvalue weighted by Crippen LogP contribution is -2.48. The Labute approximate surface area is 153 Å². The van der Waals surface area contributed by atoms with Crippen molar-refractivity contribution >= 4 is 11.8 Å². The van der Waals surface area contributed by atoms with Crippen LogP contribution in [0.3, 0.4) is 0 Å². The first kappa shape index (κ1) is 17.5. The van der Waals surface area contributed by atoms with E-state index >= 15 is 0 Å². The summed E-state index contributed by atoms with van der Waals surface area (Å²) in [5.41, 5.74) is 6.30. The van der Waals surface area contributed by atoms with Gasteiger partial charge >= 0.3 is 0 Å². The Hall–Kier alpha value is -1.89. The van der Waals surface area contributed by atoms with Crippen LogP contribution in [0.15, 0.2) is 10.6 Å². The van der Waals surface area contributed by atoms with Crippen LogP contribution >= 0.6 is 0 Å². The van der Waals surface area contributed by atoms with Crippen molar-refractivity contribution in [2.75, 3.05) is 13.1 Å². The molecular formula is C19H28N4O3. The number of amides is 2. The first-order valence-electron chi connectivity index (χ1n) is 9.92. The van der Waals surface area contributed by atoms with Gasteiger partial charge in [-0.15, -0.1) is 0 Å². The third kappa shape index (κ3) is 3.92. The number of nitrogens with zero attached hydrogens (tertiary/aromatic N) is 2. The predicted molar refractivity (Wildman–Crippen MR) is 95.5 cm³/mol. The van der Waals surface area contributed by atoms with Crippen molar-refractivity contribution in [3.05, 3.63) is 17.5 Å². The van der Waals surface area contributed by atoms with Gasteiger partial charge in [-0.1, -0.05) is 5.16 Å². The lowest BCUT2D eigenvalue weighted by atomic mass is 9.85. The maximum atomic E-state index is 12.7. The second-order valence-electron chi connectivity index (χ2n) is 8.07. The van der Waals surface area contributed by atoms with Gasteiger partial charge in [-0.2, -0.15) is 0 Å². The highest BCUT2D eigenvalue weighted by Crippen LogP contribution is 2.40. The number of hydrogen-bond donors (Lipinski definition) is 2. The van der Waals surface area contributed by atoms with E-state index in [4.69, 9.17) is 10.3 Å². The van der Waals surface area contributed by atoms with Crippen molar-refractivity contribution in [1.82, 2.24) is 15.4 Å². The Morgan fingerprint density at radius 2 is 1.77 bits per heavy atom. The number of nitrogens with one attached hydrogen (secondary N) is 1. The molecule has 1 saturated heterocycles. The Kier molecular flexibility index (Phi) is 4.98. The molecule has 3 fully saturated rings. The molecule has 1 aliphatic heterocycles. The molecule has 2 amide bonds. The van der Waals surface area contributed by atoms with E-state index in [2.05, 4.69) is 10.5 Å². The van der Waals surface area contributed by atoms with Crippen LogP contribution in [0.2, 0.25) is 0 Å². The number of aromatic nitrogens is 1. The first-order chi connectivity index (χ1) is 12.6. The second-order valence-corrected chi connectivity index (χ2v) is 8.07. The zero-order chi connectivity index (χ0) is 18.1. The van der Waals surface area contributed by atoms with E-state index in [1.54, 1.807) is 6.07 Å². The average molecular weight is 360 g/mol. The van der Waals surface area contributed by atoms with Crippen LogP contribution in [-0.4, -0.2) is 47.0 Å². The summed E-state index contributed by atoms with van der Waals surface area (Å²) in [6, 6.07) is 2.11. The number of piperidine rings is 1. The smallest absolute Gasteiger partial charge is 0.273 e. The Balaban J connectivity index is 1.24. The zero-order valence-electron chi connectivity index (χ0n) is 15.2. The third-order valence-corrected chi connectivity index (χ3v) is 6.00. The normalized spacial score (nSPS) is 27.3. The highest BCUT2D eigenvalue weighted by molar-refractivity contribution is 5.92. The van der Waals surface area contributed by atoms with Gasteiger partial charge in [0.1, 0.15) is 5.76 Å². The zero-order valence-corrected chi connectivity index (χ0v) is 15.2. The summed E-state index contributed by atoms with van der Waals surface area (Å²) < 4.78 is 5.25. The van der Waals surface area contributed by atoms with E-state index in [9.17, 15) is 9.59 Å². The minimum Gasteiger partial charge on any atom is -0.360 e. The van der Waals surface area contributed by atoms with Gasteiger partial charge in [0.15, 0.2) is 5.69 Å². The van der Waals surface area contributed by atoms with Gasteiger partial charge in [-0.05, 0) is 51.4 Å². The molecule has 0 bridgehead atoms. The Morgan fingerprint density at radius 3 is 2.42 bits per heavy atom. The summed E-state index contributed by atoms with van der Waals surface area (Å²) in [5.74, 6) is 1.51. The molecule has 0 aromatic carbocycles. The number of carbonyl (C=O) groups is 2. The molecule has 0 unspecified atom stereocenters. The number of carbonyl (C=O) groups excluding carboxylic acids is 2. The average Bonchev–Trinajstić information content (AvgIpc) is 3.39. The van der Waals surface area contributed by atoms with Gasteiger partial charge in [0.25, 0.3) is 5.91 Å². The molecule has 0 atom stereocenters. The van der Waals surface area contributed by atoms with Crippen molar-refractivity contribution in [3.63, 3.8) is 0 Å². The van der Waals surface area contributed by atoms with E-state index in [-0.39, 0.29) is 29.8 Å². The number of hydrogen-bond acceptors (Lipinski definition) is 5. The summed E-state index contributed by atoms with van der Waals surface area (Å²) in [7, 11) is 0. The van der Waals surface area contributed by atoms with Gasteiger partial charge in [0.05, 0.1) is 0 Å². The molecule has 3 N–H and O–H groups in total. The van der Waals surface area contributed by atoms with E-state index in [1.807, 2.05) is 4.90 Å². The highest BCUT2D eigenvalue weighted by atomic mass is 16.5. The molecular weight excluding hydrogens is 332 g/mol. The standard InChI is InChI=1S/C19H28N4O3/c20-14-5-3-13(4-6-14)19(25)23-9-7-15(8-10-23)21-18(24)16-11-17(26-22-16)12-1-2-12/h11-15H,1-10,20H2,(H,21,24)/t13-,14-. The maximum absolute atomic E-state index is 12.7. The van der Waals surface area contributed by atoms with E-state index in [1.165, 1.54) is 0 Å². The quantitative estimate of drug-likeness (QED) is 0.852. The van der Waals surface area contributed by atoms with Gasteiger partial charge in [-0.25, -0.2) is 0 Å². The molecule has 7 nitrogen and oxygen atoms in total. The molecule has 1 aromatic rings. The third-order valence-electron chi connectivity index (χ3n) is 6.00. The maximum Gasteiger partial charge on any atom is 0.273 e. The summed E-state index contributed by atoms with van der Waals surface area (Å²) in [5, 5.41) is 6.93. The number of likely N-dealkylation sites (tertiary alicyclic amines) is 1. The van der Waals surface area contributed by atoms with Gasteiger partial charge in [-0.3, -0.25) is 9.59 Å². The molecule has 2 aliphatic carbocycles. The molecule has 7 heteroatoms. The fraction of sp³-hybridized carbons (Fsp3) is 0.737. The Morgan fingerprint density at radius 1 is 1.08 bits per heavy atom. The minimum atomic E-state index is -0.174. The van der Waals surface area contributed by atoms with Crippen molar-refractivity contribution < 1.29 is 14.1 Å². The topological polar surface area (TPSA) is 101 Å². The largest absolute Gasteiger partial charge is 0.360 e. The summed E-state index contributed by atoms with van der Waals surface area (Å²) in [6.45, 7) is 1.41. The summed E-state index contributed by atoms with van der Waals surface area (Å²) >= 11 is 0. The van der Waals surface area contributed by atoms with Gasteiger partial charge in [0.2, 0.25) is 5.91 Å². The second kappa shape index (κ2) is 7.39. The van der Waals surface area contributed by atoms with Crippen LogP contribution in [0, 0.1) is 5.92 Å². The van der Waals surface area contributed by atoms with E-state index in [0.717, 1.165) is 57.1 Å². The van der Waals surface area contributed by atoms with Crippen LogP contribution in [0.1, 0.15) is 73.5 Å². The van der Waals surface area contributed by atoms with Crippen LogP contribution in [-0.2, 0) is 4.79 Å². The molecule has 1 aromatic heterocycles. The van der Waals surface area contributed by atoms with Crippen LogP contribution in [0.5, 0.6) is 0 Å². The molecule has 4 rings (SSSR count). The molecule has 142 valence electrons. The highest BCUT2D eigenvalue weighted by Gasteiger charge is 2.32. The first-order valence-corrected chi connectivity index (χ1v) is 9.92. The van der Waals surface area contributed by atoms with Gasteiger partial charge < -0.3 is 20.5 Å². The predicted octanol–water partition coefficient (Wildman–Crippen LogP) is 1.79. The van der Waals surface area contributed by atoms with E-state index in [0.29, 0.717) is 24.7 Å². The molecule has 2 heterocycles. The monoisotopic (exact) mass is 360 g/mol. The van der Waals surface area contributed by atoms with Crippen molar-refractivity contribution in [3.8, 4) is 0 Å². The molecule has 2 saturated carbocycles. The SMILES string of the molecule is N[C@H]1CC[C@H](C(=O)N2CCC(NC(=O)c3cc(C4CC4)on3)CC2)CC1. The molecule has 0 radical (unpaired) electrons. The number of rotatable bonds is 4. The van der Waals surface area contributed by atoms with Crippen LogP contribution < -0.4 is 11.1 Å². The number of nitrogens with two attached hydrogens (primary N) is 1. The van der Waals surface area contributed by atoms with Crippen molar-refractivity contribution in [2.24, 2.45) is 11.7 Å². The lowest BCUT2D eigenvalue weighted by Gasteiger charge is -2.36. The summed E-state index contributed by atoms with van der Waals surface area (Å²) in [4.78, 5) is 27.0. The summed E-state index contributed by atoms with van der Waals surface area (Å²) in [6.07, 6.45) is 7.53. The van der Waals surface area contributed by atoms with Crippen molar-refractivity contribution in [1.29, 1.82) is 0 Å². The molecule has 0 spiro atoms. The molecule has 26 heavy (non-hydrogen) atoms. The fourth-order valence-corrected chi connectivity index (χ4v) is 4.08. The van der Waals surface area contributed by atoms with Crippen molar-refractivity contribution in [2.45, 2.75) is 69.4 Å². The van der Waals surface area contributed by atoms with E-state index < -0.39 is 0 Å². The van der Waals surface area contributed by atoms with Crippen LogP contribution in [0.25, 0.3) is 0 Å². The van der Waals surface area contributed by atoms with Crippen LogP contribution in [0.4, 0.5) is 0 Å². The fourth-order valence-electron chi connectivity index (χ4n) is 4.08. The van der Waals surface area contributed by atoms with Gasteiger partial charge in [0, 0.05) is 43.1 Å². The minimum absolute atomic E-state index is 0.0902. The lowest BCUT2D eigenvalue weighted by molar-refractivity contribution is -0.137.